The number of rotatable bonds is 3. The molecule has 0 aliphatic rings. The number of hydrogen-bond acceptors (Lipinski definition) is 2. The monoisotopic (exact) mass is 656 g/mol. The second kappa shape index (κ2) is 10.4. The Morgan fingerprint density at radius 3 is 1.70 bits per heavy atom. The summed E-state index contributed by atoms with van der Waals surface area (Å²) in [7, 11) is 0. The largest absolute Gasteiger partial charge is 0.452 e. The van der Waals surface area contributed by atoms with Crippen LogP contribution in [0.2, 0.25) is 0 Å². The summed E-state index contributed by atoms with van der Waals surface area (Å²) in [6.45, 7) is 0. The van der Waals surface area contributed by atoms with E-state index in [0.29, 0.717) is 21.5 Å². The van der Waals surface area contributed by atoms with Crippen molar-refractivity contribution in [3.05, 3.63) is 169 Å². The van der Waals surface area contributed by atoms with Crippen LogP contribution in [-0.2, 0) is 0 Å². The SMILES string of the molecule is [2H]c1c([2H])c([2H])c(-c2c([2H])c([2H])c3c(-c4c5ccccc5c(-c5c([2H])c6c(oc7c([2H])c([2H])c([2H])c([2H])c76)c6oc7c([2H])c([2H])c([2H])c([2H])c7c56)c5ccccc45)c([2H])c([2H])c([2H])c3c2[2H])c([2H])c1[2H]. The number of benzene rings is 9. The molecule has 2 heteroatoms. The third-order valence-electron chi connectivity index (χ3n) is 8.99. The highest BCUT2D eigenvalue weighted by Crippen LogP contribution is 2.50. The van der Waals surface area contributed by atoms with Gasteiger partial charge in [-0.1, -0.05) is 145 Å². The number of hydrogen-bond donors (Lipinski definition) is 0. The molecule has 0 amide bonds. The molecule has 0 fully saturated rings. The molecular weight excluding hydrogens is 609 g/mol. The van der Waals surface area contributed by atoms with Crippen molar-refractivity contribution in [3.63, 3.8) is 0 Å². The van der Waals surface area contributed by atoms with E-state index in [4.69, 9.17) is 28.0 Å². The summed E-state index contributed by atoms with van der Waals surface area (Å²) in [5.41, 5.74) is -1.79. The number of para-hydroxylation sites is 2. The highest BCUT2D eigenvalue weighted by atomic mass is 16.4. The zero-order chi connectivity index (χ0) is 50.2. The third-order valence-corrected chi connectivity index (χ3v) is 8.99. The lowest BCUT2D eigenvalue weighted by molar-refractivity contribution is 0.633. The minimum absolute atomic E-state index is 0.00492. The van der Waals surface area contributed by atoms with Crippen LogP contribution >= 0.6 is 0 Å². The fraction of sp³-hybridized carbons (Fsp3) is 0. The first-order chi connectivity index (χ1) is 33.1. The molecule has 0 unspecified atom stereocenters. The van der Waals surface area contributed by atoms with Crippen LogP contribution in [0.25, 0.3) is 110 Å². The van der Waals surface area contributed by atoms with Crippen molar-refractivity contribution in [2.75, 3.05) is 0 Å². The van der Waals surface area contributed by atoms with Crippen LogP contribution in [0.1, 0.15) is 27.4 Å². The van der Waals surface area contributed by atoms with E-state index >= 15 is 0 Å². The Balaban J connectivity index is 1.37. The van der Waals surface area contributed by atoms with Gasteiger partial charge in [0.05, 0.1) is 27.4 Å². The molecule has 0 atom stereocenters. The van der Waals surface area contributed by atoms with Crippen LogP contribution in [0.5, 0.6) is 0 Å². The first kappa shape index (κ1) is 14.5. The molecule has 9 aromatic carbocycles. The molecule has 232 valence electrons. The van der Waals surface area contributed by atoms with Crippen molar-refractivity contribution in [2.24, 2.45) is 0 Å². The van der Waals surface area contributed by atoms with E-state index in [-0.39, 0.29) is 77.6 Å². The second-order valence-corrected chi connectivity index (χ2v) is 11.6. The zero-order valence-corrected chi connectivity index (χ0v) is 25.4. The lowest BCUT2D eigenvalue weighted by Crippen LogP contribution is -1.92. The van der Waals surface area contributed by atoms with Gasteiger partial charge >= 0.3 is 0 Å². The first-order valence-electron chi connectivity index (χ1n) is 25.5. The van der Waals surface area contributed by atoms with Gasteiger partial charge in [0.1, 0.15) is 11.2 Å². The molecule has 50 heavy (non-hydrogen) atoms. The van der Waals surface area contributed by atoms with Gasteiger partial charge in [0.25, 0.3) is 0 Å². The predicted molar refractivity (Wildman–Crippen MR) is 210 cm³/mol. The Kier molecular flexibility index (Phi) is 3.02. The molecule has 11 aromatic rings. The summed E-state index contributed by atoms with van der Waals surface area (Å²) in [6.07, 6.45) is 0. The lowest BCUT2D eigenvalue weighted by Gasteiger charge is -2.19. The summed E-state index contributed by atoms with van der Waals surface area (Å²) in [4.78, 5) is 0. The van der Waals surface area contributed by atoms with E-state index in [2.05, 4.69) is 0 Å². The van der Waals surface area contributed by atoms with Gasteiger partial charge in [-0.2, -0.15) is 0 Å². The highest BCUT2D eigenvalue weighted by molar-refractivity contribution is 6.30. The molecule has 0 aliphatic carbocycles. The smallest absolute Gasteiger partial charge is 0.179 e. The van der Waals surface area contributed by atoms with Gasteiger partial charge in [-0.25, -0.2) is 0 Å². The van der Waals surface area contributed by atoms with Crippen LogP contribution in [0.4, 0.5) is 0 Å². The molecule has 0 radical (unpaired) electrons. The Bertz CT molecular complexity index is 4220. The van der Waals surface area contributed by atoms with Gasteiger partial charge < -0.3 is 8.83 Å². The predicted octanol–water partition coefficient (Wildman–Crippen LogP) is 13.9. The van der Waals surface area contributed by atoms with Crippen LogP contribution in [-0.4, -0.2) is 0 Å². The fourth-order valence-electron chi connectivity index (χ4n) is 6.95. The van der Waals surface area contributed by atoms with Crippen molar-refractivity contribution in [2.45, 2.75) is 0 Å². The van der Waals surface area contributed by atoms with Crippen LogP contribution in [0.3, 0.4) is 0 Å². The van der Waals surface area contributed by atoms with E-state index in [1.165, 1.54) is 0 Å². The van der Waals surface area contributed by atoms with E-state index in [1.54, 1.807) is 48.5 Å². The summed E-state index contributed by atoms with van der Waals surface area (Å²) in [5.74, 6) is 0. The molecular formula is C48H28O2. The summed E-state index contributed by atoms with van der Waals surface area (Å²) >= 11 is 0. The van der Waals surface area contributed by atoms with Gasteiger partial charge in [0, 0.05) is 21.5 Å². The quantitative estimate of drug-likeness (QED) is 0.177. The standard InChI is InChI=1S/C48H28O2/c1-2-13-29(14-3-1)30-25-26-32-31(27-30)15-12-22-34(32)44-35-17-4-6-19-37(35)45(38-20-7-5-18-36(38)44)41-28-40-33-16-8-10-23-42(33)49-47(40)48-46(41)39-21-9-11-24-43(39)50-48/h1-28H/i1D,2D,3D,8D,9D,10D,11D,12D,13D,14D,15D,16D,21D,22D,23D,24D,25D,26D,27D,28D. The Labute approximate surface area is 315 Å². The van der Waals surface area contributed by atoms with Crippen molar-refractivity contribution in [3.8, 4) is 33.4 Å². The van der Waals surface area contributed by atoms with Gasteiger partial charge in [-0.15, -0.1) is 0 Å². The molecule has 0 saturated carbocycles. The molecule has 2 nitrogen and oxygen atoms in total. The minimum Gasteiger partial charge on any atom is -0.452 e. The average Bonchev–Trinajstić information content (AvgIpc) is 3.96. The highest BCUT2D eigenvalue weighted by Gasteiger charge is 2.24. The van der Waals surface area contributed by atoms with Gasteiger partial charge in [-0.3, -0.25) is 0 Å². The maximum atomic E-state index is 10.1. The number of fused-ring (bicyclic) bond motifs is 10. The van der Waals surface area contributed by atoms with Crippen molar-refractivity contribution in [1.82, 2.24) is 0 Å². The maximum Gasteiger partial charge on any atom is 0.179 e. The first-order valence-corrected chi connectivity index (χ1v) is 15.5. The van der Waals surface area contributed by atoms with Crippen LogP contribution in [0, 0.1) is 0 Å². The molecule has 0 spiro atoms. The molecule has 0 saturated heterocycles. The molecule has 0 N–H and O–H groups in total. The Hall–Kier alpha value is -6.64. The molecule has 2 heterocycles. The van der Waals surface area contributed by atoms with E-state index < -0.39 is 131 Å². The van der Waals surface area contributed by atoms with Gasteiger partial charge in [0.15, 0.2) is 11.2 Å². The summed E-state index contributed by atoms with van der Waals surface area (Å²) in [5, 5.41) is 0.162. The molecule has 11 rings (SSSR count). The normalized spacial score (nSPS) is 17.6. The Morgan fingerprint density at radius 2 is 0.980 bits per heavy atom. The lowest BCUT2D eigenvalue weighted by atomic mass is 9.83. The van der Waals surface area contributed by atoms with E-state index in [9.17, 15) is 8.22 Å². The van der Waals surface area contributed by atoms with Gasteiger partial charge in [-0.05, 0) is 89.9 Å². The molecule has 0 bridgehead atoms. The average molecular weight is 657 g/mol. The third kappa shape index (κ3) is 3.85. The molecule has 2 aromatic heterocycles. The van der Waals surface area contributed by atoms with E-state index in [1.807, 2.05) is 0 Å². The van der Waals surface area contributed by atoms with Crippen molar-refractivity contribution < 1.29 is 36.2 Å². The van der Waals surface area contributed by atoms with Crippen molar-refractivity contribution in [1.29, 1.82) is 0 Å². The number of furan rings is 2. The van der Waals surface area contributed by atoms with Crippen molar-refractivity contribution >= 4 is 76.2 Å². The second-order valence-electron chi connectivity index (χ2n) is 11.6. The van der Waals surface area contributed by atoms with Crippen LogP contribution in [0.15, 0.2) is 178 Å². The Morgan fingerprint density at radius 1 is 0.380 bits per heavy atom. The summed E-state index contributed by atoms with van der Waals surface area (Å²) in [6, 6.07) is 0.572. The minimum atomic E-state index is -0.754. The topological polar surface area (TPSA) is 26.3 Å². The maximum absolute atomic E-state index is 10.1. The van der Waals surface area contributed by atoms with Crippen LogP contribution < -0.4 is 0 Å². The van der Waals surface area contributed by atoms with E-state index in [0.717, 1.165) is 0 Å². The zero-order valence-electron chi connectivity index (χ0n) is 45.4. The van der Waals surface area contributed by atoms with Gasteiger partial charge in [0.2, 0.25) is 0 Å². The molecule has 0 aliphatic heterocycles. The summed E-state index contributed by atoms with van der Waals surface area (Å²) < 4.78 is 191. The fourth-order valence-corrected chi connectivity index (χ4v) is 6.95.